The Morgan fingerprint density at radius 3 is 2.26 bits per heavy atom. The Balaban J connectivity index is 2.08. The van der Waals surface area contributed by atoms with Crippen molar-refractivity contribution in [2.75, 3.05) is 0 Å². The number of nitrogens with zero attached hydrogens (tertiary/aromatic N) is 1. The lowest BCUT2D eigenvalue weighted by molar-refractivity contribution is -0.384. The maximum absolute atomic E-state index is 12.5. The molecule has 0 aromatic heterocycles. The molecule has 8 nitrogen and oxygen atoms in total. The minimum absolute atomic E-state index is 0.118. The molecule has 2 aromatic carbocycles. The highest BCUT2D eigenvalue weighted by atomic mass is 32.2. The SMILES string of the molecule is O=C(O)CCC(Cc1ccccc1)NS(=O)(=O)Cc1ccc([N+](=O)[O-])cc1. The second-order valence-electron chi connectivity index (χ2n) is 6.12. The van der Waals surface area contributed by atoms with Gasteiger partial charge in [0.25, 0.3) is 5.69 Å². The molecule has 0 spiro atoms. The lowest BCUT2D eigenvalue weighted by Gasteiger charge is -2.18. The van der Waals surface area contributed by atoms with Gasteiger partial charge in [0.05, 0.1) is 10.7 Å². The fourth-order valence-corrected chi connectivity index (χ4v) is 4.05. The number of aliphatic carboxylic acids is 1. The van der Waals surface area contributed by atoms with Crippen LogP contribution in [-0.4, -0.2) is 30.5 Å². The van der Waals surface area contributed by atoms with E-state index in [1.165, 1.54) is 24.3 Å². The van der Waals surface area contributed by atoms with Crippen LogP contribution in [0.3, 0.4) is 0 Å². The second-order valence-corrected chi connectivity index (χ2v) is 7.87. The van der Waals surface area contributed by atoms with E-state index in [0.717, 1.165) is 5.56 Å². The standard InChI is InChI=1S/C18H20N2O6S/c21-18(22)11-8-16(12-14-4-2-1-3-5-14)19-27(25,26)13-15-6-9-17(10-7-15)20(23)24/h1-7,9-10,16,19H,8,11-13H2,(H,21,22). The average molecular weight is 392 g/mol. The molecule has 2 N–H and O–H groups in total. The Kier molecular flexibility index (Phi) is 7.03. The van der Waals surface area contributed by atoms with Gasteiger partial charge in [-0.3, -0.25) is 14.9 Å². The number of carboxylic acids is 1. The fraction of sp³-hybridized carbons (Fsp3) is 0.278. The van der Waals surface area contributed by atoms with Crippen LogP contribution in [0, 0.1) is 10.1 Å². The number of nitro benzene ring substituents is 1. The van der Waals surface area contributed by atoms with E-state index in [1.54, 1.807) is 0 Å². The van der Waals surface area contributed by atoms with Crippen LogP contribution in [0.1, 0.15) is 24.0 Å². The van der Waals surface area contributed by atoms with Crippen molar-refractivity contribution in [1.29, 1.82) is 0 Å². The number of benzene rings is 2. The Morgan fingerprint density at radius 1 is 1.07 bits per heavy atom. The molecule has 2 rings (SSSR count). The first-order valence-electron chi connectivity index (χ1n) is 8.24. The van der Waals surface area contributed by atoms with E-state index in [9.17, 15) is 23.3 Å². The molecule has 0 saturated heterocycles. The van der Waals surface area contributed by atoms with E-state index in [2.05, 4.69) is 4.72 Å². The molecular weight excluding hydrogens is 372 g/mol. The number of hydrogen-bond donors (Lipinski definition) is 2. The molecule has 0 heterocycles. The highest BCUT2D eigenvalue weighted by Gasteiger charge is 2.20. The van der Waals surface area contributed by atoms with Gasteiger partial charge < -0.3 is 5.11 Å². The van der Waals surface area contributed by atoms with Crippen LogP contribution in [0.4, 0.5) is 5.69 Å². The molecule has 27 heavy (non-hydrogen) atoms. The zero-order chi connectivity index (χ0) is 19.9. The zero-order valence-electron chi connectivity index (χ0n) is 14.4. The summed E-state index contributed by atoms with van der Waals surface area (Å²) in [4.78, 5) is 21.0. The molecule has 9 heteroatoms. The van der Waals surface area contributed by atoms with Crippen LogP contribution in [-0.2, 0) is 27.0 Å². The number of rotatable bonds is 10. The summed E-state index contributed by atoms with van der Waals surface area (Å²) in [5, 5.41) is 19.6. The summed E-state index contributed by atoms with van der Waals surface area (Å²) in [5.41, 5.74) is 1.18. The lowest BCUT2D eigenvalue weighted by atomic mass is 10.0. The van der Waals surface area contributed by atoms with E-state index >= 15 is 0 Å². The predicted molar refractivity (Wildman–Crippen MR) is 99.7 cm³/mol. The number of hydrogen-bond acceptors (Lipinski definition) is 5. The molecular formula is C18H20N2O6S. The average Bonchev–Trinajstić information content (AvgIpc) is 2.60. The van der Waals surface area contributed by atoms with E-state index in [1.807, 2.05) is 30.3 Å². The predicted octanol–water partition coefficient (Wildman–Crippen LogP) is 2.49. The Labute approximate surface area is 157 Å². The van der Waals surface area contributed by atoms with E-state index in [-0.39, 0.29) is 24.3 Å². The minimum Gasteiger partial charge on any atom is -0.481 e. The highest BCUT2D eigenvalue weighted by Crippen LogP contribution is 2.15. The van der Waals surface area contributed by atoms with Gasteiger partial charge in [-0.05, 0) is 24.0 Å². The third-order valence-electron chi connectivity index (χ3n) is 3.88. The Hall–Kier alpha value is -2.78. The minimum atomic E-state index is -3.75. The summed E-state index contributed by atoms with van der Waals surface area (Å²) >= 11 is 0. The van der Waals surface area contributed by atoms with Crippen molar-refractivity contribution in [2.45, 2.75) is 31.1 Å². The maximum atomic E-state index is 12.5. The topological polar surface area (TPSA) is 127 Å². The molecule has 0 radical (unpaired) electrons. The molecule has 0 bridgehead atoms. The molecule has 2 aromatic rings. The van der Waals surface area contributed by atoms with Crippen LogP contribution in [0.2, 0.25) is 0 Å². The highest BCUT2D eigenvalue weighted by molar-refractivity contribution is 7.88. The van der Waals surface area contributed by atoms with E-state index < -0.39 is 27.0 Å². The summed E-state index contributed by atoms with van der Waals surface area (Å²) in [5.74, 6) is -1.34. The molecule has 0 aliphatic heterocycles. The second kappa shape index (κ2) is 9.24. The first kappa shape index (κ1) is 20.5. The van der Waals surface area contributed by atoms with E-state index in [4.69, 9.17) is 5.11 Å². The summed E-state index contributed by atoms with van der Waals surface area (Å²) in [6.45, 7) is 0. The quantitative estimate of drug-likeness (QED) is 0.472. The van der Waals surface area contributed by atoms with Crippen LogP contribution >= 0.6 is 0 Å². The first-order valence-corrected chi connectivity index (χ1v) is 9.89. The molecule has 0 aliphatic rings. The Bertz CT molecular complexity index is 882. The van der Waals surface area contributed by atoms with Crippen molar-refractivity contribution >= 4 is 21.7 Å². The molecule has 0 saturated carbocycles. The van der Waals surface area contributed by atoms with Crippen molar-refractivity contribution in [2.24, 2.45) is 0 Å². The number of nitrogens with one attached hydrogen (secondary N) is 1. The normalized spacial score (nSPS) is 12.4. The molecule has 0 fully saturated rings. The number of sulfonamides is 1. The number of non-ortho nitro benzene ring substituents is 1. The maximum Gasteiger partial charge on any atom is 0.303 e. The summed E-state index contributed by atoms with van der Waals surface area (Å²) in [6, 6.07) is 13.9. The monoisotopic (exact) mass is 392 g/mol. The molecule has 144 valence electrons. The van der Waals surface area contributed by atoms with Gasteiger partial charge in [0.15, 0.2) is 0 Å². The zero-order valence-corrected chi connectivity index (χ0v) is 15.3. The largest absolute Gasteiger partial charge is 0.481 e. The van der Waals surface area contributed by atoms with Gasteiger partial charge in [-0.25, -0.2) is 13.1 Å². The van der Waals surface area contributed by atoms with Gasteiger partial charge in [-0.2, -0.15) is 0 Å². The van der Waals surface area contributed by atoms with Crippen molar-refractivity contribution in [3.8, 4) is 0 Å². The number of nitro groups is 1. The fourth-order valence-electron chi connectivity index (χ4n) is 2.63. The van der Waals surface area contributed by atoms with Gasteiger partial charge >= 0.3 is 5.97 Å². The number of carboxylic acid groups (broad SMARTS) is 1. The van der Waals surface area contributed by atoms with Crippen LogP contribution in [0.25, 0.3) is 0 Å². The van der Waals surface area contributed by atoms with Crippen molar-refractivity contribution in [3.63, 3.8) is 0 Å². The first-order chi connectivity index (χ1) is 12.7. The molecule has 1 atom stereocenters. The molecule has 1 unspecified atom stereocenters. The van der Waals surface area contributed by atoms with Crippen LogP contribution < -0.4 is 4.72 Å². The van der Waals surface area contributed by atoms with Crippen molar-refractivity contribution < 1.29 is 23.2 Å². The van der Waals surface area contributed by atoms with E-state index in [0.29, 0.717) is 12.0 Å². The van der Waals surface area contributed by atoms with Gasteiger partial charge in [0.1, 0.15) is 0 Å². The van der Waals surface area contributed by atoms with Gasteiger partial charge in [0, 0.05) is 24.6 Å². The van der Waals surface area contributed by atoms with Crippen molar-refractivity contribution in [3.05, 3.63) is 75.8 Å². The smallest absolute Gasteiger partial charge is 0.303 e. The third kappa shape index (κ3) is 7.16. The van der Waals surface area contributed by atoms with Crippen LogP contribution in [0.15, 0.2) is 54.6 Å². The molecule has 0 aliphatic carbocycles. The summed E-state index contributed by atoms with van der Waals surface area (Å²) < 4.78 is 27.5. The van der Waals surface area contributed by atoms with Crippen LogP contribution in [0.5, 0.6) is 0 Å². The third-order valence-corrected chi connectivity index (χ3v) is 5.29. The molecule has 0 amide bonds. The van der Waals surface area contributed by atoms with Gasteiger partial charge in [-0.1, -0.05) is 42.5 Å². The lowest BCUT2D eigenvalue weighted by Crippen LogP contribution is -2.37. The van der Waals surface area contributed by atoms with Crippen molar-refractivity contribution in [1.82, 2.24) is 4.72 Å². The van der Waals surface area contributed by atoms with Gasteiger partial charge in [0.2, 0.25) is 10.0 Å². The Morgan fingerprint density at radius 2 is 1.70 bits per heavy atom. The summed E-state index contributed by atoms with van der Waals surface area (Å²) in [6.07, 6.45) is 0.370. The number of carbonyl (C=O) groups is 1. The van der Waals surface area contributed by atoms with Gasteiger partial charge in [-0.15, -0.1) is 0 Å². The summed E-state index contributed by atoms with van der Waals surface area (Å²) in [7, 11) is -3.75.